The number of sulfone groups is 1. The smallest absolute Gasteiger partial charge is 0.203 e. The highest BCUT2D eigenvalue weighted by Gasteiger charge is 2.32. The zero-order chi connectivity index (χ0) is 29.4. The van der Waals surface area contributed by atoms with E-state index in [2.05, 4.69) is 4.98 Å². The summed E-state index contributed by atoms with van der Waals surface area (Å²) in [5.74, 6) is 2.84. The molecule has 41 heavy (non-hydrogen) atoms. The topological polar surface area (TPSA) is 102 Å². The Kier molecular flexibility index (Phi) is 10.6. The van der Waals surface area contributed by atoms with Gasteiger partial charge in [-0.25, -0.2) is 8.42 Å². The SMILES string of the molecule is CCCS(=O)(=O)c1cc([C@@H]2CC[C@@H](c3cc(OC)c(OC)c(OC)c3)O2)cc(OC)c1OCCSc1ccncc1. The molecule has 9 nitrogen and oxygen atoms in total. The van der Waals surface area contributed by atoms with Crippen LogP contribution in [0.15, 0.2) is 58.6 Å². The van der Waals surface area contributed by atoms with Crippen molar-refractivity contribution in [3.63, 3.8) is 0 Å². The maximum atomic E-state index is 13.4. The first-order valence-corrected chi connectivity index (χ1v) is 16.0. The van der Waals surface area contributed by atoms with Gasteiger partial charge in [-0.1, -0.05) is 6.92 Å². The van der Waals surface area contributed by atoms with Crippen molar-refractivity contribution in [2.75, 3.05) is 46.6 Å². The van der Waals surface area contributed by atoms with Gasteiger partial charge in [0.2, 0.25) is 5.75 Å². The maximum absolute atomic E-state index is 13.4. The highest BCUT2D eigenvalue weighted by Crippen LogP contribution is 2.48. The molecule has 1 aliphatic rings. The normalized spacial score (nSPS) is 16.8. The van der Waals surface area contributed by atoms with E-state index >= 15 is 0 Å². The van der Waals surface area contributed by atoms with Gasteiger partial charge >= 0.3 is 0 Å². The van der Waals surface area contributed by atoms with Gasteiger partial charge in [-0.05, 0) is 66.8 Å². The number of methoxy groups -OCH3 is 4. The van der Waals surface area contributed by atoms with Crippen LogP contribution in [0.2, 0.25) is 0 Å². The summed E-state index contributed by atoms with van der Waals surface area (Å²) in [5.41, 5.74) is 1.62. The Morgan fingerprint density at radius 3 is 1.95 bits per heavy atom. The molecular formula is C30H37NO8S2. The van der Waals surface area contributed by atoms with Gasteiger partial charge in [0, 0.05) is 23.0 Å². The van der Waals surface area contributed by atoms with Crippen LogP contribution in [0.1, 0.15) is 49.5 Å². The molecule has 0 unspecified atom stereocenters. The van der Waals surface area contributed by atoms with E-state index < -0.39 is 9.84 Å². The highest BCUT2D eigenvalue weighted by atomic mass is 32.2. The Balaban J connectivity index is 1.60. The van der Waals surface area contributed by atoms with E-state index in [4.69, 9.17) is 28.4 Å². The molecule has 0 saturated carbocycles. The first kappa shape index (κ1) is 30.8. The minimum absolute atomic E-state index is 0.00131. The van der Waals surface area contributed by atoms with Crippen molar-refractivity contribution in [3.8, 4) is 28.7 Å². The molecule has 0 N–H and O–H groups in total. The number of hydrogen-bond donors (Lipinski definition) is 0. The molecule has 0 bridgehead atoms. The second-order valence-corrected chi connectivity index (χ2v) is 12.6. The zero-order valence-electron chi connectivity index (χ0n) is 24.0. The largest absolute Gasteiger partial charge is 0.493 e. The van der Waals surface area contributed by atoms with E-state index in [1.807, 2.05) is 37.3 Å². The Hall–Kier alpha value is -3.15. The molecule has 222 valence electrons. The van der Waals surface area contributed by atoms with E-state index in [1.54, 1.807) is 51.6 Å². The molecule has 1 aliphatic heterocycles. The fourth-order valence-corrected chi connectivity index (χ4v) is 7.07. The molecule has 0 radical (unpaired) electrons. The molecule has 11 heteroatoms. The van der Waals surface area contributed by atoms with Crippen molar-refractivity contribution in [3.05, 3.63) is 59.9 Å². The van der Waals surface area contributed by atoms with Crippen LogP contribution in [0.3, 0.4) is 0 Å². The summed E-state index contributed by atoms with van der Waals surface area (Å²) in [6.07, 6.45) is 4.80. The molecule has 2 heterocycles. The third kappa shape index (κ3) is 7.20. The van der Waals surface area contributed by atoms with Gasteiger partial charge < -0.3 is 28.4 Å². The van der Waals surface area contributed by atoms with Crippen molar-refractivity contribution < 1.29 is 36.8 Å². The average Bonchev–Trinajstić information content (AvgIpc) is 3.49. The van der Waals surface area contributed by atoms with Gasteiger partial charge in [0.1, 0.15) is 4.90 Å². The van der Waals surface area contributed by atoms with Crippen molar-refractivity contribution in [2.45, 2.75) is 48.2 Å². The molecule has 1 aromatic heterocycles. The minimum Gasteiger partial charge on any atom is -0.493 e. The first-order valence-electron chi connectivity index (χ1n) is 13.4. The van der Waals surface area contributed by atoms with Gasteiger partial charge in [-0.3, -0.25) is 4.98 Å². The van der Waals surface area contributed by atoms with Crippen LogP contribution >= 0.6 is 11.8 Å². The summed E-state index contributed by atoms with van der Waals surface area (Å²) >= 11 is 1.60. The van der Waals surface area contributed by atoms with E-state index in [1.165, 1.54) is 7.11 Å². The van der Waals surface area contributed by atoms with Crippen LogP contribution in [0.25, 0.3) is 0 Å². The Labute approximate surface area is 246 Å². The second kappa shape index (κ2) is 14.2. The Morgan fingerprint density at radius 1 is 0.854 bits per heavy atom. The first-order chi connectivity index (χ1) is 19.8. The standard InChI is InChI=1S/C30H37NO8S2/c1-6-15-41(32,33)28-19-21(18-27(36-4)30(28)38-13-14-40-22-9-11-31-12-10-22)24-8-7-23(39-24)20-16-25(34-2)29(37-5)26(17-20)35-3/h9-12,16-19,23-24H,6-8,13-15H2,1-5H3/t23-,24-/m0/s1. The molecule has 0 amide bonds. The van der Waals surface area contributed by atoms with E-state index in [-0.39, 0.29) is 28.6 Å². The molecule has 2 aromatic carbocycles. The number of pyridine rings is 1. The third-order valence-electron chi connectivity index (χ3n) is 6.77. The Morgan fingerprint density at radius 2 is 1.41 bits per heavy atom. The molecule has 1 fully saturated rings. The number of thioether (sulfide) groups is 1. The predicted molar refractivity (Wildman–Crippen MR) is 158 cm³/mol. The molecule has 4 rings (SSSR count). The molecule has 2 atom stereocenters. The summed E-state index contributed by atoms with van der Waals surface area (Å²) in [7, 11) is 2.60. The van der Waals surface area contributed by atoms with Gasteiger partial charge in [-0.2, -0.15) is 0 Å². The summed E-state index contributed by atoms with van der Waals surface area (Å²) in [4.78, 5) is 5.22. The van der Waals surface area contributed by atoms with Crippen molar-refractivity contribution >= 4 is 21.6 Å². The monoisotopic (exact) mass is 603 g/mol. The average molecular weight is 604 g/mol. The second-order valence-electron chi connectivity index (χ2n) is 9.40. The number of nitrogens with zero attached hydrogens (tertiary/aromatic N) is 1. The van der Waals surface area contributed by atoms with Crippen LogP contribution in [-0.2, 0) is 14.6 Å². The zero-order valence-corrected chi connectivity index (χ0v) is 25.7. The van der Waals surface area contributed by atoms with Crippen LogP contribution < -0.4 is 23.7 Å². The number of ether oxygens (including phenoxy) is 6. The number of benzene rings is 2. The lowest BCUT2D eigenvalue weighted by atomic mass is 10.0. The highest BCUT2D eigenvalue weighted by molar-refractivity contribution is 7.99. The number of hydrogen-bond acceptors (Lipinski definition) is 10. The van der Waals surface area contributed by atoms with E-state index in [0.717, 1.165) is 22.4 Å². The van der Waals surface area contributed by atoms with Crippen LogP contribution in [0.4, 0.5) is 0 Å². The fraction of sp³-hybridized carbons (Fsp3) is 0.433. The van der Waals surface area contributed by atoms with Crippen molar-refractivity contribution in [1.82, 2.24) is 4.98 Å². The summed E-state index contributed by atoms with van der Waals surface area (Å²) in [6.45, 7) is 2.15. The van der Waals surface area contributed by atoms with Crippen LogP contribution in [0, 0.1) is 0 Å². The predicted octanol–water partition coefficient (Wildman–Crippen LogP) is 6.06. The molecule has 3 aromatic rings. The van der Waals surface area contributed by atoms with Crippen molar-refractivity contribution in [2.24, 2.45) is 0 Å². The number of aromatic nitrogens is 1. The van der Waals surface area contributed by atoms with E-state index in [0.29, 0.717) is 48.2 Å². The van der Waals surface area contributed by atoms with E-state index in [9.17, 15) is 8.42 Å². The van der Waals surface area contributed by atoms with Crippen LogP contribution in [-0.4, -0.2) is 60.0 Å². The molecule has 0 aliphatic carbocycles. The molecular weight excluding hydrogens is 566 g/mol. The lowest BCUT2D eigenvalue weighted by molar-refractivity contribution is 0.0435. The van der Waals surface area contributed by atoms with Crippen LogP contribution in [0.5, 0.6) is 28.7 Å². The molecule has 0 spiro atoms. The fourth-order valence-electron chi connectivity index (χ4n) is 4.84. The van der Waals surface area contributed by atoms with Gasteiger partial charge in [-0.15, -0.1) is 11.8 Å². The van der Waals surface area contributed by atoms with Gasteiger partial charge in [0.05, 0.1) is 53.0 Å². The number of rotatable bonds is 14. The third-order valence-corrected chi connectivity index (χ3v) is 9.66. The lowest BCUT2D eigenvalue weighted by Gasteiger charge is -2.21. The maximum Gasteiger partial charge on any atom is 0.203 e. The molecule has 1 saturated heterocycles. The summed E-state index contributed by atoms with van der Waals surface area (Å²) < 4.78 is 61.5. The van der Waals surface area contributed by atoms with Gasteiger partial charge in [0.15, 0.2) is 32.8 Å². The van der Waals surface area contributed by atoms with Crippen molar-refractivity contribution in [1.29, 1.82) is 0 Å². The van der Waals surface area contributed by atoms with Gasteiger partial charge in [0.25, 0.3) is 0 Å². The lowest BCUT2D eigenvalue weighted by Crippen LogP contribution is -2.12. The minimum atomic E-state index is -3.63. The summed E-state index contributed by atoms with van der Waals surface area (Å²) in [5, 5.41) is 0. The Bertz CT molecular complexity index is 1390. The summed E-state index contributed by atoms with van der Waals surface area (Å²) in [6, 6.07) is 11.1. The quantitative estimate of drug-likeness (QED) is 0.159.